The molecule has 0 bridgehead atoms. The van der Waals surface area contributed by atoms with Crippen molar-refractivity contribution >= 4 is 27.5 Å². The maximum absolute atomic E-state index is 13.9. The first-order valence-corrected chi connectivity index (χ1v) is 15.5. The van der Waals surface area contributed by atoms with E-state index < -0.39 is 16.1 Å². The zero-order valence-corrected chi connectivity index (χ0v) is 24.9. The lowest BCUT2D eigenvalue weighted by atomic mass is 10.0. The van der Waals surface area contributed by atoms with Gasteiger partial charge in [0.2, 0.25) is 21.8 Å². The first-order valence-electron chi connectivity index (χ1n) is 13.7. The Balaban J connectivity index is 1.89. The van der Waals surface area contributed by atoms with E-state index in [1.165, 1.54) is 10.6 Å². The minimum absolute atomic E-state index is 0.0844. The first kappa shape index (κ1) is 30.9. The second-order valence-corrected chi connectivity index (χ2v) is 12.5. The Morgan fingerprint density at radius 2 is 1.57 bits per heavy atom. The maximum atomic E-state index is 13.9. The van der Waals surface area contributed by atoms with Crippen molar-refractivity contribution in [1.82, 2.24) is 10.2 Å². The summed E-state index contributed by atoms with van der Waals surface area (Å²) in [7, 11) is -3.55. The zero-order valence-electron chi connectivity index (χ0n) is 24.1. The topological polar surface area (TPSA) is 86.8 Å². The number of rotatable bonds is 13. The van der Waals surface area contributed by atoms with E-state index in [1.807, 2.05) is 100 Å². The van der Waals surface area contributed by atoms with Crippen molar-refractivity contribution in [1.29, 1.82) is 0 Å². The van der Waals surface area contributed by atoms with Crippen molar-refractivity contribution in [3.8, 4) is 0 Å². The monoisotopic (exact) mass is 563 g/mol. The van der Waals surface area contributed by atoms with Crippen molar-refractivity contribution in [3.63, 3.8) is 0 Å². The van der Waals surface area contributed by atoms with Crippen molar-refractivity contribution in [2.75, 3.05) is 17.1 Å². The van der Waals surface area contributed by atoms with E-state index in [0.717, 1.165) is 22.3 Å². The van der Waals surface area contributed by atoms with Gasteiger partial charge in [0.25, 0.3) is 0 Å². The second-order valence-electron chi connectivity index (χ2n) is 10.6. The maximum Gasteiger partial charge on any atom is 0.243 e. The molecule has 0 saturated carbocycles. The van der Waals surface area contributed by atoms with Gasteiger partial charge in [-0.05, 0) is 68.5 Å². The molecule has 0 spiro atoms. The molecule has 7 nitrogen and oxygen atoms in total. The van der Waals surface area contributed by atoms with Crippen LogP contribution in [0.15, 0.2) is 78.9 Å². The number of hydrogen-bond acceptors (Lipinski definition) is 4. The average Bonchev–Trinajstić information content (AvgIpc) is 2.89. The van der Waals surface area contributed by atoms with Gasteiger partial charge in [0.15, 0.2) is 0 Å². The Morgan fingerprint density at radius 1 is 0.900 bits per heavy atom. The summed E-state index contributed by atoms with van der Waals surface area (Å²) in [5.41, 5.74) is 4.47. The van der Waals surface area contributed by atoms with E-state index in [-0.39, 0.29) is 37.4 Å². The van der Waals surface area contributed by atoms with Gasteiger partial charge in [0.1, 0.15) is 6.04 Å². The van der Waals surface area contributed by atoms with Crippen LogP contribution in [0.5, 0.6) is 0 Å². The quantitative estimate of drug-likeness (QED) is 0.317. The number of hydrogen-bond donors (Lipinski definition) is 1. The highest BCUT2D eigenvalue weighted by Gasteiger charge is 2.31. The summed E-state index contributed by atoms with van der Waals surface area (Å²) < 4.78 is 26.6. The highest BCUT2D eigenvalue weighted by atomic mass is 32.2. The van der Waals surface area contributed by atoms with Crippen molar-refractivity contribution < 1.29 is 18.0 Å². The lowest BCUT2D eigenvalue weighted by Gasteiger charge is -2.33. The highest BCUT2D eigenvalue weighted by molar-refractivity contribution is 7.92. The Kier molecular flexibility index (Phi) is 10.9. The van der Waals surface area contributed by atoms with Crippen LogP contribution < -0.4 is 9.62 Å². The van der Waals surface area contributed by atoms with E-state index >= 15 is 0 Å². The SMILES string of the molecule is Cc1cccc(N(CCCC(=O)N(Cc2ccccc2C)[C@@H](Cc2ccccc2)C(=O)NC(C)C)S(C)(=O)=O)c1. The lowest BCUT2D eigenvalue weighted by Crippen LogP contribution is -2.52. The lowest BCUT2D eigenvalue weighted by molar-refractivity contribution is -0.141. The summed E-state index contributed by atoms with van der Waals surface area (Å²) in [6.07, 6.45) is 1.96. The molecule has 0 fully saturated rings. The van der Waals surface area contributed by atoms with E-state index in [0.29, 0.717) is 18.5 Å². The second kappa shape index (κ2) is 14.1. The van der Waals surface area contributed by atoms with Gasteiger partial charge in [0, 0.05) is 32.0 Å². The summed E-state index contributed by atoms with van der Waals surface area (Å²) in [6, 6.07) is 24.0. The van der Waals surface area contributed by atoms with Crippen LogP contribution in [0.25, 0.3) is 0 Å². The number of nitrogens with one attached hydrogen (secondary N) is 1. The zero-order chi connectivity index (χ0) is 29.3. The molecule has 0 aliphatic rings. The molecule has 3 rings (SSSR count). The highest BCUT2D eigenvalue weighted by Crippen LogP contribution is 2.22. The van der Waals surface area contributed by atoms with Gasteiger partial charge in [-0.2, -0.15) is 0 Å². The molecule has 1 N–H and O–H groups in total. The van der Waals surface area contributed by atoms with Gasteiger partial charge in [-0.3, -0.25) is 13.9 Å². The van der Waals surface area contributed by atoms with Crippen LogP contribution in [-0.2, 0) is 32.6 Å². The van der Waals surface area contributed by atoms with Crippen LogP contribution >= 0.6 is 0 Å². The van der Waals surface area contributed by atoms with Gasteiger partial charge < -0.3 is 10.2 Å². The van der Waals surface area contributed by atoms with Crippen LogP contribution in [0, 0.1) is 13.8 Å². The van der Waals surface area contributed by atoms with E-state index in [9.17, 15) is 18.0 Å². The molecule has 3 aromatic carbocycles. The third-order valence-corrected chi connectivity index (χ3v) is 7.94. The van der Waals surface area contributed by atoms with Gasteiger partial charge in [-0.1, -0.05) is 66.7 Å². The fraction of sp³-hybridized carbons (Fsp3) is 0.375. The molecule has 2 amide bonds. The summed E-state index contributed by atoms with van der Waals surface area (Å²) in [4.78, 5) is 29.1. The summed E-state index contributed by atoms with van der Waals surface area (Å²) >= 11 is 0. The smallest absolute Gasteiger partial charge is 0.243 e. The molecular formula is C32H41N3O4S. The average molecular weight is 564 g/mol. The van der Waals surface area contributed by atoms with Crippen molar-refractivity contribution in [2.45, 2.75) is 65.6 Å². The molecule has 0 aliphatic carbocycles. The van der Waals surface area contributed by atoms with Gasteiger partial charge in [-0.25, -0.2) is 8.42 Å². The molecule has 0 aliphatic heterocycles. The summed E-state index contributed by atoms with van der Waals surface area (Å²) in [5, 5.41) is 3.00. The minimum atomic E-state index is -3.55. The van der Waals surface area contributed by atoms with Crippen LogP contribution in [0.4, 0.5) is 5.69 Å². The van der Waals surface area contributed by atoms with Gasteiger partial charge in [-0.15, -0.1) is 0 Å². The molecular weight excluding hydrogens is 522 g/mol. The minimum Gasteiger partial charge on any atom is -0.352 e. The first-order chi connectivity index (χ1) is 19.0. The van der Waals surface area contributed by atoms with Crippen molar-refractivity contribution in [2.24, 2.45) is 0 Å². The van der Waals surface area contributed by atoms with Crippen molar-refractivity contribution in [3.05, 3.63) is 101 Å². The molecule has 3 aromatic rings. The fourth-order valence-electron chi connectivity index (χ4n) is 4.69. The summed E-state index contributed by atoms with van der Waals surface area (Å²) in [5.74, 6) is -0.404. The van der Waals surface area contributed by atoms with Gasteiger partial charge >= 0.3 is 0 Å². The predicted octanol–water partition coefficient (Wildman–Crippen LogP) is 5.01. The standard InChI is InChI=1S/C32H41N3O4S/c1-24(2)33-32(37)30(22-27-15-7-6-8-16-27)34(23-28-17-10-9-14-26(28)4)31(36)19-12-20-35(40(5,38)39)29-18-11-13-25(3)21-29/h6-11,13-18,21,24,30H,12,19-20,22-23H2,1-5H3,(H,33,37)/t30-/m0/s1. The number of aryl methyl sites for hydroxylation is 2. The van der Waals surface area contributed by atoms with Crippen LogP contribution in [-0.4, -0.2) is 50.0 Å². The Labute approximate surface area is 239 Å². The van der Waals surface area contributed by atoms with Crippen LogP contribution in [0.1, 0.15) is 48.9 Å². The normalized spacial score (nSPS) is 12.2. The summed E-state index contributed by atoms with van der Waals surface area (Å²) in [6.45, 7) is 8.14. The number of carbonyl (C=O) groups excluding carboxylic acids is 2. The third kappa shape index (κ3) is 8.95. The Morgan fingerprint density at radius 3 is 2.20 bits per heavy atom. The van der Waals surface area contributed by atoms with E-state index in [2.05, 4.69) is 5.32 Å². The van der Waals surface area contributed by atoms with Gasteiger partial charge in [0.05, 0.1) is 11.9 Å². The fourth-order valence-corrected chi connectivity index (χ4v) is 5.65. The molecule has 1 atom stereocenters. The molecule has 0 aromatic heterocycles. The largest absolute Gasteiger partial charge is 0.352 e. The number of benzene rings is 3. The van der Waals surface area contributed by atoms with Crippen LogP contribution in [0.2, 0.25) is 0 Å². The molecule has 0 saturated heterocycles. The Bertz CT molecular complexity index is 1390. The number of sulfonamides is 1. The molecule has 8 heteroatoms. The molecule has 40 heavy (non-hydrogen) atoms. The third-order valence-electron chi connectivity index (χ3n) is 6.75. The molecule has 0 heterocycles. The van der Waals surface area contributed by atoms with Crippen LogP contribution in [0.3, 0.4) is 0 Å². The predicted molar refractivity (Wildman–Crippen MR) is 162 cm³/mol. The van der Waals surface area contributed by atoms with E-state index in [1.54, 1.807) is 11.0 Å². The number of carbonyl (C=O) groups is 2. The number of nitrogens with zero attached hydrogens (tertiary/aromatic N) is 2. The van der Waals surface area contributed by atoms with E-state index in [4.69, 9.17) is 0 Å². The number of anilines is 1. The number of amides is 2. The molecule has 0 radical (unpaired) electrons. The Hall–Kier alpha value is -3.65. The molecule has 0 unspecified atom stereocenters. The molecule has 214 valence electrons.